The van der Waals surface area contributed by atoms with E-state index >= 15 is 0 Å². The van der Waals surface area contributed by atoms with Gasteiger partial charge in [0.05, 0.1) is 38.5 Å². The van der Waals surface area contributed by atoms with Crippen LogP contribution in [0.15, 0.2) is 97.1 Å². The van der Waals surface area contributed by atoms with E-state index < -0.39 is 61.3 Å². The van der Waals surface area contributed by atoms with E-state index in [4.69, 9.17) is 51.4 Å². The van der Waals surface area contributed by atoms with E-state index in [-0.39, 0.29) is 26.3 Å². The van der Waals surface area contributed by atoms with Gasteiger partial charge >= 0.3 is 0 Å². The van der Waals surface area contributed by atoms with Gasteiger partial charge in [-0.2, -0.15) is 0 Å². The molecule has 2 aliphatic rings. The second-order valence-corrected chi connectivity index (χ2v) is 12.7. The monoisotopic (exact) mass is 688 g/mol. The summed E-state index contributed by atoms with van der Waals surface area (Å²) in [5.74, 6) is 0. The molecule has 268 valence electrons. The van der Waals surface area contributed by atoms with E-state index in [0.717, 1.165) is 32.7 Å². The lowest BCUT2D eigenvalue weighted by atomic mass is 9.96. The van der Waals surface area contributed by atoms with Gasteiger partial charge in [0.25, 0.3) is 0 Å². The molecule has 2 saturated heterocycles. The number of fused-ring (bicyclic) bond motifs is 2. The van der Waals surface area contributed by atoms with Crippen LogP contribution in [0.4, 0.5) is 0 Å². The maximum Gasteiger partial charge on any atom is 0.176 e. The summed E-state index contributed by atoms with van der Waals surface area (Å²) < 4.78 is 36.7. The van der Waals surface area contributed by atoms with Crippen molar-refractivity contribution in [1.29, 1.82) is 0 Å². The lowest BCUT2D eigenvalue weighted by Gasteiger charge is -2.44. The van der Waals surface area contributed by atoms with Gasteiger partial charge in [0, 0.05) is 13.1 Å². The van der Waals surface area contributed by atoms with Crippen LogP contribution in [0.3, 0.4) is 0 Å². The summed E-state index contributed by atoms with van der Waals surface area (Å²) in [6.07, 6.45) is -3.15. The van der Waals surface area contributed by atoms with Crippen molar-refractivity contribution in [1.82, 2.24) is 0 Å². The fourth-order valence-corrected chi connectivity index (χ4v) is 6.45. The number of rotatable bonds is 14. The SMILES string of the molecule is NCC1OC(OC/C=C/COC2OC(CN)C(OCc3ccc4ccccc4c3)C(OCc3ccc4ccccc4c3)C2N)C(N)C(O)C1O. The molecule has 12 nitrogen and oxygen atoms in total. The topological polar surface area (TPSA) is 200 Å². The first kappa shape index (κ1) is 36.5. The van der Waals surface area contributed by atoms with Crippen molar-refractivity contribution >= 4 is 21.5 Å². The zero-order chi connectivity index (χ0) is 35.0. The highest BCUT2D eigenvalue weighted by Crippen LogP contribution is 2.28. The molecule has 0 bridgehead atoms. The molecule has 0 radical (unpaired) electrons. The molecular formula is C38H48N4O8. The lowest BCUT2D eigenvalue weighted by Crippen LogP contribution is -2.64. The highest BCUT2D eigenvalue weighted by Gasteiger charge is 2.46. The van der Waals surface area contributed by atoms with E-state index in [2.05, 4.69) is 48.5 Å². The molecule has 4 aromatic carbocycles. The summed E-state index contributed by atoms with van der Waals surface area (Å²) in [5, 5.41) is 24.8. The summed E-state index contributed by atoms with van der Waals surface area (Å²) in [5.41, 5.74) is 26.7. The first-order chi connectivity index (χ1) is 24.4. The van der Waals surface area contributed by atoms with Gasteiger partial charge < -0.3 is 61.6 Å². The molecule has 0 aliphatic carbocycles. The first-order valence-electron chi connectivity index (χ1n) is 17.0. The molecule has 2 aliphatic heterocycles. The van der Waals surface area contributed by atoms with Gasteiger partial charge in [-0.3, -0.25) is 0 Å². The smallest absolute Gasteiger partial charge is 0.176 e. The van der Waals surface area contributed by atoms with E-state index in [1.807, 2.05) is 36.4 Å². The van der Waals surface area contributed by atoms with Crippen LogP contribution in [0.1, 0.15) is 11.1 Å². The summed E-state index contributed by atoms with van der Waals surface area (Å²) in [6, 6.07) is 27.2. The summed E-state index contributed by atoms with van der Waals surface area (Å²) >= 11 is 0. The molecule has 12 heteroatoms. The van der Waals surface area contributed by atoms with Crippen molar-refractivity contribution in [3.05, 3.63) is 108 Å². The van der Waals surface area contributed by atoms with E-state index in [9.17, 15) is 10.2 Å². The van der Waals surface area contributed by atoms with Crippen molar-refractivity contribution in [3.63, 3.8) is 0 Å². The highest BCUT2D eigenvalue weighted by atomic mass is 16.7. The normalized spacial score (nSPS) is 30.4. The summed E-state index contributed by atoms with van der Waals surface area (Å²) in [7, 11) is 0. The van der Waals surface area contributed by atoms with Gasteiger partial charge in [-0.25, -0.2) is 0 Å². The van der Waals surface area contributed by atoms with Crippen molar-refractivity contribution in [2.24, 2.45) is 22.9 Å². The lowest BCUT2D eigenvalue weighted by molar-refractivity contribution is -0.273. The zero-order valence-corrected chi connectivity index (χ0v) is 27.9. The molecule has 50 heavy (non-hydrogen) atoms. The largest absolute Gasteiger partial charge is 0.388 e. The van der Waals surface area contributed by atoms with Crippen LogP contribution in [0, 0.1) is 0 Å². The maximum atomic E-state index is 10.2. The second-order valence-electron chi connectivity index (χ2n) is 12.7. The Morgan fingerprint density at radius 1 is 0.560 bits per heavy atom. The van der Waals surface area contributed by atoms with Crippen molar-refractivity contribution < 1.29 is 38.6 Å². The third-order valence-corrected chi connectivity index (χ3v) is 9.30. The Balaban J connectivity index is 1.10. The van der Waals surface area contributed by atoms with Crippen LogP contribution >= 0.6 is 0 Å². The third kappa shape index (κ3) is 8.57. The van der Waals surface area contributed by atoms with Crippen molar-refractivity contribution in [3.8, 4) is 0 Å². The highest BCUT2D eigenvalue weighted by molar-refractivity contribution is 5.83. The number of hydrogen-bond acceptors (Lipinski definition) is 12. The van der Waals surface area contributed by atoms with Gasteiger partial charge in [0.1, 0.15) is 36.6 Å². The predicted molar refractivity (Wildman–Crippen MR) is 189 cm³/mol. The molecular weight excluding hydrogens is 640 g/mol. The minimum absolute atomic E-state index is 0.0161. The Morgan fingerprint density at radius 3 is 1.58 bits per heavy atom. The van der Waals surface area contributed by atoms with Gasteiger partial charge in [-0.1, -0.05) is 84.9 Å². The quantitative estimate of drug-likeness (QED) is 0.105. The molecule has 4 aromatic rings. The molecule has 0 spiro atoms. The van der Waals surface area contributed by atoms with Crippen LogP contribution in [0.25, 0.3) is 21.5 Å². The Kier molecular flexibility index (Phi) is 12.6. The fourth-order valence-electron chi connectivity index (χ4n) is 6.45. The Morgan fingerprint density at radius 2 is 1.04 bits per heavy atom. The van der Waals surface area contributed by atoms with E-state index in [1.54, 1.807) is 12.2 Å². The third-order valence-electron chi connectivity index (χ3n) is 9.30. The summed E-state index contributed by atoms with van der Waals surface area (Å²) in [4.78, 5) is 0. The van der Waals surface area contributed by atoms with E-state index in [0.29, 0.717) is 13.2 Å². The number of ether oxygens (including phenoxy) is 6. The van der Waals surface area contributed by atoms with Crippen LogP contribution in [-0.4, -0.2) is 97.8 Å². The second kappa shape index (κ2) is 17.2. The number of aliphatic hydroxyl groups is 2. The molecule has 2 fully saturated rings. The average molecular weight is 689 g/mol. The maximum absolute atomic E-state index is 10.2. The minimum Gasteiger partial charge on any atom is -0.388 e. The first-order valence-corrected chi connectivity index (χ1v) is 17.0. The molecule has 2 heterocycles. The number of aliphatic hydroxyl groups excluding tert-OH is 2. The Bertz CT molecular complexity index is 1710. The predicted octanol–water partition coefficient (Wildman–Crippen LogP) is 1.80. The zero-order valence-electron chi connectivity index (χ0n) is 27.9. The van der Waals surface area contributed by atoms with Gasteiger partial charge in [-0.05, 0) is 44.8 Å². The van der Waals surface area contributed by atoms with Crippen LogP contribution in [-0.2, 0) is 41.6 Å². The summed E-state index contributed by atoms with van der Waals surface area (Å²) in [6.45, 7) is 1.09. The standard InChI is InChI=1S/C38H48N4O8/c39-19-29-33(43)34(44)31(41)37(49-29)45-15-5-6-16-46-38-32(42)36(48-22-24-12-14-26-8-2-4-10-28(26)18-24)35(30(20-40)50-38)47-21-23-11-13-25-7-1-3-9-27(25)17-23/h1-14,17-18,29-38,43-44H,15-16,19-22,39-42H2/b6-5+. The molecule has 0 amide bonds. The van der Waals surface area contributed by atoms with Crippen LogP contribution in [0.2, 0.25) is 0 Å². The number of nitrogens with two attached hydrogens (primary N) is 4. The molecule has 10 unspecified atom stereocenters. The Hall–Kier alpha value is -3.34. The van der Waals surface area contributed by atoms with Crippen molar-refractivity contribution in [2.45, 2.75) is 74.5 Å². The molecule has 0 aromatic heterocycles. The molecule has 6 rings (SSSR count). The van der Waals surface area contributed by atoms with Gasteiger partial charge in [0.15, 0.2) is 12.6 Å². The minimum atomic E-state index is -1.22. The van der Waals surface area contributed by atoms with Gasteiger partial charge in [-0.15, -0.1) is 0 Å². The van der Waals surface area contributed by atoms with Crippen molar-refractivity contribution in [2.75, 3.05) is 26.3 Å². The molecule has 10 N–H and O–H groups in total. The fraction of sp³-hybridized carbons (Fsp3) is 0.421. The van der Waals surface area contributed by atoms with Gasteiger partial charge in [0.2, 0.25) is 0 Å². The number of hydrogen-bond donors (Lipinski definition) is 6. The van der Waals surface area contributed by atoms with E-state index in [1.165, 1.54) is 0 Å². The Labute approximate surface area is 291 Å². The molecule has 0 saturated carbocycles. The van der Waals surface area contributed by atoms with Crippen LogP contribution < -0.4 is 22.9 Å². The number of benzene rings is 4. The molecule has 10 atom stereocenters. The average Bonchev–Trinajstić information content (AvgIpc) is 3.15. The van der Waals surface area contributed by atoms with Crippen LogP contribution in [0.5, 0.6) is 0 Å².